The highest BCUT2D eigenvalue weighted by molar-refractivity contribution is 7.98. The fourth-order valence-corrected chi connectivity index (χ4v) is 2.84. The SMILES string of the molecule is CCNC(c1cccc(F)c1)c1ccccc1SC. The predicted molar refractivity (Wildman–Crippen MR) is 80.1 cm³/mol. The van der Waals surface area contributed by atoms with Crippen LogP contribution in [0, 0.1) is 5.82 Å². The first-order valence-corrected chi connectivity index (χ1v) is 7.60. The Balaban J connectivity index is 2.45. The first-order valence-electron chi connectivity index (χ1n) is 6.38. The molecule has 0 fully saturated rings. The van der Waals surface area contributed by atoms with Gasteiger partial charge in [-0.05, 0) is 42.1 Å². The minimum atomic E-state index is -0.193. The van der Waals surface area contributed by atoms with Gasteiger partial charge in [0.1, 0.15) is 5.82 Å². The topological polar surface area (TPSA) is 12.0 Å². The Morgan fingerprint density at radius 2 is 1.95 bits per heavy atom. The van der Waals surface area contributed by atoms with Crippen LogP contribution in [0.15, 0.2) is 53.4 Å². The Labute approximate surface area is 118 Å². The first kappa shape index (κ1) is 14.1. The van der Waals surface area contributed by atoms with Gasteiger partial charge >= 0.3 is 0 Å². The largest absolute Gasteiger partial charge is 0.306 e. The summed E-state index contributed by atoms with van der Waals surface area (Å²) in [5, 5.41) is 3.44. The van der Waals surface area contributed by atoms with Crippen LogP contribution < -0.4 is 5.32 Å². The van der Waals surface area contributed by atoms with Gasteiger partial charge in [0.2, 0.25) is 0 Å². The Bertz CT molecular complexity index is 542. The maximum Gasteiger partial charge on any atom is 0.123 e. The van der Waals surface area contributed by atoms with Crippen LogP contribution in [0.3, 0.4) is 0 Å². The van der Waals surface area contributed by atoms with Crippen molar-refractivity contribution in [1.29, 1.82) is 0 Å². The van der Waals surface area contributed by atoms with Gasteiger partial charge in [0, 0.05) is 4.90 Å². The molecule has 0 saturated heterocycles. The predicted octanol–water partition coefficient (Wildman–Crippen LogP) is 4.25. The van der Waals surface area contributed by atoms with E-state index in [1.54, 1.807) is 23.9 Å². The molecule has 2 aromatic rings. The lowest BCUT2D eigenvalue weighted by atomic mass is 9.98. The quantitative estimate of drug-likeness (QED) is 0.819. The molecule has 0 saturated carbocycles. The highest BCUT2D eigenvalue weighted by Crippen LogP contribution is 2.30. The van der Waals surface area contributed by atoms with Gasteiger partial charge in [-0.1, -0.05) is 37.3 Å². The lowest BCUT2D eigenvalue weighted by Gasteiger charge is -2.21. The molecule has 3 heteroatoms. The Morgan fingerprint density at radius 1 is 1.16 bits per heavy atom. The second-order valence-electron chi connectivity index (χ2n) is 4.29. The van der Waals surface area contributed by atoms with Crippen LogP contribution in [0.4, 0.5) is 4.39 Å². The molecule has 0 aliphatic carbocycles. The van der Waals surface area contributed by atoms with E-state index in [2.05, 4.69) is 30.6 Å². The van der Waals surface area contributed by atoms with Crippen molar-refractivity contribution in [2.75, 3.05) is 12.8 Å². The van der Waals surface area contributed by atoms with Gasteiger partial charge in [0.05, 0.1) is 6.04 Å². The van der Waals surface area contributed by atoms with Crippen LogP contribution in [0.5, 0.6) is 0 Å². The molecule has 1 atom stereocenters. The smallest absolute Gasteiger partial charge is 0.123 e. The van der Waals surface area contributed by atoms with Crippen molar-refractivity contribution < 1.29 is 4.39 Å². The number of benzene rings is 2. The van der Waals surface area contributed by atoms with E-state index >= 15 is 0 Å². The highest BCUT2D eigenvalue weighted by Gasteiger charge is 2.16. The first-order chi connectivity index (χ1) is 9.26. The van der Waals surface area contributed by atoms with Crippen molar-refractivity contribution in [2.24, 2.45) is 0 Å². The van der Waals surface area contributed by atoms with Crippen molar-refractivity contribution in [3.63, 3.8) is 0 Å². The zero-order valence-electron chi connectivity index (χ0n) is 11.2. The molecule has 0 radical (unpaired) electrons. The lowest BCUT2D eigenvalue weighted by Crippen LogP contribution is -2.22. The molecule has 1 N–H and O–H groups in total. The molecule has 2 aromatic carbocycles. The number of nitrogens with one attached hydrogen (secondary N) is 1. The molecular formula is C16H18FNS. The van der Waals surface area contributed by atoms with Crippen LogP contribution >= 0.6 is 11.8 Å². The second kappa shape index (κ2) is 6.73. The maximum absolute atomic E-state index is 13.4. The average Bonchev–Trinajstić information content (AvgIpc) is 2.45. The van der Waals surface area contributed by atoms with E-state index in [4.69, 9.17) is 0 Å². The average molecular weight is 275 g/mol. The van der Waals surface area contributed by atoms with E-state index in [-0.39, 0.29) is 11.9 Å². The summed E-state index contributed by atoms with van der Waals surface area (Å²) in [6.07, 6.45) is 2.06. The molecule has 0 amide bonds. The summed E-state index contributed by atoms with van der Waals surface area (Å²) < 4.78 is 13.4. The molecule has 19 heavy (non-hydrogen) atoms. The molecule has 0 aliphatic heterocycles. The van der Waals surface area contributed by atoms with Gasteiger partial charge < -0.3 is 5.32 Å². The molecule has 100 valence electrons. The molecule has 0 bridgehead atoms. The van der Waals surface area contributed by atoms with E-state index in [0.717, 1.165) is 12.1 Å². The summed E-state index contributed by atoms with van der Waals surface area (Å²) in [7, 11) is 0. The number of rotatable bonds is 5. The fraction of sp³-hybridized carbons (Fsp3) is 0.250. The van der Waals surface area contributed by atoms with Gasteiger partial charge in [0.15, 0.2) is 0 Å². The number of hydrogen-bond donors (Lipinski definition) is 1. The van der Waals surface area contributed by atoms with Crippen molar-refractivity contribution in [3.8, 4) is 0 Å². The summed E-state index contributed by atoms with van der Waals surface area (Å²) in [6.45, 7) is 2.90. The molecular weight excluding hydrogens is 257 g/mol. The molecule has 0 spiro atoms. The summed E-state index contributed by atoms with van der Waals surface area (Å²) in [6, 6.07) is 15.1. The van der Waals surface area contributed by atoms with Crippen molar-refractivity contribution in [3.05, 3.63) is 65.5 Å². The van der Waals surface area contributed by atoms with Crippen LogP contribution in [0.2, 0.25) is 0 Å². The van der Waals surface area contributed by atoms with E-state index in [0.29, 0.717) is 0 Å². The minimum Gasteiger partial charge on any atom is -0.306 e. The summed E-state index contributed by atoms with van der Waals surface area (Å²) in [5.74, 6) is -0.193. The normalized spacial score (nSPS) is 12.4. The number of halogens is 1. The van der Waals surface area contributed by atoms with E-state index in [1.807, 2.05) is 18.2 Å². The summed E-state index contributed by atoms with van der Waals surface area (Å²) in [4.78, 5) is 1.22. The van der Waals surface area contributed by atoms with Gasteiger partial charge in [-0.3, -0.25) is 0 Å². The third kappa shape index (κ3) is 3.37. The van der Waals surface area contributed by atoms with Crippen molar-refractivity contribution in [1.82, 2.24) is 5.32 Å². The standard InChI is InChI=1S/C16H18FNS/c1-3-18-16(12-7-6-8-13(17)11-12)14-9-4-5-10-15(14)19-2/h4-11,16,18H,3H2,1-2H3. The zero-order chi connectivity index (χ0) is 13.7. The molecule has 1 nitrogen and oxygen atoms in total. The molecule has 0 heterocycles. The fourth-order valence-electron chi connectivity index (χ4n) is 2.20. The summed E-state index contributed by atoms with van der Waals surface area (Å²) in [5.41, 5.74) is 2.16. The third-order valence-electron chi connectivity index (χ3n) is 3.04. The van der Waals surface area contributed by atoms with Gasteiger partial charge in [-0.15, -0.1) is 11.8 Å². The zero-order valence-corrected chi connectivity index (χ0v) is 12.0. The summed E-state index contributed by atoms with van der Waals surface area (Å²) >= 11 is 1.71. The maximum atomic E-state index is 13.4. The molecule has 2 rings (SSSR count). The Kier molecular flexibility index (Phi) is 5.00. The number of thioether (sulfide) groups is 1. The van der Waals surface area contributed by atoms with E-state index in [1.165, 1.54) is 16.5 Å². The third-order valence-corrected chi connectivity index (χ3v) is 3.85. The van der Waals surface area contributed by atoms with E-state index < -0.39 is 0 Å². The molecule has 0 aliphatic rings. The highest BCUT2D eigenvalue weighted by atomic mass is 32.2. The van der Waals surface area contributed by atoms with Crippen LogP contribution in [-0.4, -0.2) is 12.8 Å². The molecule has 1 unspecified atom stereocenters. The van der Waals surface area contributed by atoms with Crippen molar-refractivity contribution >= 4 is 11.8 Å². The van der Waals surface area contributed by atoms with Crippen LogP contribution in [0.25, 0.3) is 0 Å². The van der Waals surface area contributed by atoms with Gasteiger partial charge in [-0.25, -0.2) is 4.39 Å². The second-order valence-corrected chi connectivity index (χ2v) is 5.14. The Morgan fingerprint density at radius 3 is 2.63 bits per heavy atom. The minimum absolute atomic E-state index is 0.0318. The van der Waals surface area contributed by atoms with Gasteiger partial charge in [-0.2, -0.15) is 0 Å². The molecule has 0 aromatic heterocycles. The van der Waals surface area contributed by atoms with Gasteiger partial charge in [0.25, 0.3) is 0 Å². The van der Waals surface area contributed by atoms with Crippen LogP contribution in [0.1, 0.15) is 24.1 Å². The lowest BCUT2D eigenvalue weighted by molar-refractivity contribution is 0.599. The van der Waals surface area contributed by atoms with E-state index in [9.17, 15) is 4.39 Å². The van der Waals surface area contributed by atoms with Crippen molar-refractivity contribution in [2.45, 2.75) is 17.9 Å². The Hall–Kier alpha value is -1.32. The monoisotopic (exact) mass is 275 g/mol. The van der Waals surface area contributed by atoms with Crippen LogP contribution in [-0.2, 0) is 0 Å². The number of hydrogen-bond acceptors (Lipinski definition) is 2.